The van der Waals surface area contributed by atoms with Crippen LogP contribution in [0.3, 0.4) is 0 Å². The maximum Gasteiger partial charge on any atom is 0.407 e. The zero-order valence-corrected chi connectivity index (χ0v) is 19.1. The van der Waals surface area contributed by atoms with Crippen LogP contribution >= 0.6 is 0 Å². The Bertz CT molecular complexity index is 1050. The monoisotopic (exact) mass is 468 g/mol. The number of rotatable bonds is 4. The summed E-state index contributed by atoms with van der Waals surface area (Å²) in [5.41, 5.74) is 1.67. The molecule has 180 valence electrons. The van der Waals surface area contributed by atoms with Crippen molar-refractivity contribution in [3.05, 3.63) is 54.0 Å². The molecule has 0 unspecified atom stereocenters. The zero-order valence-electron chi connectivity index (χ0n) is 19.1. The number of piperazine rings is 1. The molecule has 2 heterocycles. The normalized spacial score (nSPS) is 22.8. The minimum atomic E-state index is -0.949. The Morgan fingerprint density at radius 2 is 1.85 bits per heavy atom. The number of carbonyl (C=O) groups excluding carboxylic acids is 2. The van der Waals surface area contributed by atoms with E-state index >= 15 is 0 Å². The van der Waals surface area contributed by atoms with Gasteiger partial charge in [-0.05, 0) is 56.9 Å². The van der Waals surface area contributed by atoms with Gasteiger partial charge in [0.2, 0.25) is 5.91 Å². The fraction of sp³-hybridized carbons (Fsp3) is 0.440. The van der Waals surface area contributed by atoms with E-state index in [4.69, 9.17) is 0 Å². The van der Waals surface area contributed by atoms with Crippen LogP contribution in [0.1, 0.15) is 43.0 Å². The zero-order chi connectivity index (χ0) is 24.2. The maximum atomic E-state index is 13.4. The highest BCUT2D eigenvalue weighted by Crippen LogP contribution is 2.27. The summed E-state index contributed by atoms with van der Waals surface area (Å²) in [6.45, 7) is 2.99. The predicted octanol–water partition coefficient (Wildman–Crippen LogP) is 3.39. The summed E-state index contributed by atoms with van der Waals surface area (Å²) in [4.78, 5) is 44.3. The highest BCUT2D eigenvalue weighted by atomic mass is 19.1. The second-order valence-electron chi connectivity index (χ2n) is 9.07. The van der Waals surface area contributed by atoms with Crippen molar-refractivity contribution in [1.29, 1.82) is 0 Å². The van der Waals surface area contributed by atoms with Gasteiger partial charge in [0.1, 0.15) is 5.82 Å². The van der Waals surface area contributed by atoms with Crippen molar-refractivity contribution < 1.29 is 23.9 Å². The van der Waals surface area contributed by atoms with Crippen molar-refractivity contribution >= 4 is 17.9 Å². The van der Waals surface area contributed by atoms with Gasteiger partial charge in [-0.1, -0.05) is 12.1 Å². The lowest BCUT2D eigenvalue weighted by atomic mass is 9.84. The van der Waals surface area contributed by atoms with E-state index in [1.165, 1.54) is 23.2 Å². The first-order valence-electron chi connectivity index (χ1n) is 11.6. The Hall–Kier alpha value is -3.49. The predicted molar refractivity (Wildman–Crippen MR) is 124 cm³/mol. The van der Waals surface area contributed by atoms with Gasteiger partial charge in [0.15, 0.2) is 0 Å². The lowest BCUT2D eigenvalue weighted by Gasteiger charge is -2.40. The molecule has 1 aromatic heterocycles. The molecule has 0 bridgehead atoms. The van der Waals surface area contributed by atoms with Crippen LogP contribution < -0.4 is 5.32 Å². The molecule has 0 spiro atoms. The summed E-state index contributed by atoms with van der Waals surface area (Å²) in [5, 5.41) is 12.2. The van der Waals surface area contributed by atoms with Gasteiger partial charge in [-0.15, -0.1) is 0 Å². The third-order valence-electron chi connectivity index (χ3n) is 6.74. The molecule has 9 heteroatoms. The van der Waals surface area contributed by atoms with E-state index in [1.54, 1.807) is 29.2 Å². The van der Waals surface area contributed by atoms with Crippen molar-refractivity contribution in [2.24, 2.45) is 5.92 Å². The summed E-state index contributed by atoms with van der Waals surface area (Å²) in [5.74, 6) is -0.568. The van der Waals surface area contributed by atoms with Crippen LogP contribution in [-0.4, -0.2) is 69.5 Å². The minimum Gasteiger partial charge on any atom is -0.465 e. The largest absolute Gasteiger partial charge is 0.465 e. The van der Waals surface area contributed by atoms with E-state index in [2.05, 4.69) is 10.3 Å². The number of pyridine rings is 1. The average Bonchev–Trinajstić information content (AvgIpc) is 2.84. The van der Waals surface area contributed by atoms with Gasteiger partial charge in [-0.2, -0.15) is 0 Å². The van der Waals surface area contributed by atoms with Crippen LogP contribution in [0.2, 0.25) is 0 Å². The molecule has 3 amide bonds. The molecular weight excluding hydrogens is 439 g/mol. The van der Waals surface area contributed by atoms with Crippen molar-refractivity contribution in [2.45, 2.75) is 44.7 Å². The summed E-state index contributed by atoms with van der Waals surface area (Å²) in [6.07, 6.45) is 3.34. The van der Waals surface area contributed by atoms with Crippen LogP contribution in [-0.2, 0) is 4.79 Å². The van der Waals surface area contributed by atoms with E-state index in [0.717, 1.165) is 0 Å². The molecule has 2 aliphatic rings. The molecule has 2 N–H and O–H groups in total. The molecule has 0 radical (unpaired) electrons. The quantitative estimate of drug-likeness (QED) is 0.716. The number of aromatic nitrogens is 1. The standard InChI is InChI=1S/C25H29FN4O4/c1-16-15-29(11-12-30(16)25(33)34)24(32)17-5-8-21(9-6-17)28-23(31)19-7-10-22(27-14-19)18-3-2-4-20(26)13-18/h2-4,7,10,13-14,16-17,21H,5-6,8-9,11-12,15H2,1H3,(H,28,31)(H,33,34)/t16-,17?,21?/m1/s1. The first kappa shape index (κ1) is 23.7. The van der Waals surface area contributed by atoms with E-state index in [0.29, 0.717) is 62.1 Å². The van der Waals surface area contributed by atoms with Crippen molar-refractivity contribution in [3.63, 3.8) is 0 Å². The number of nitrogens with one attached hydrogen (secondary N) is 1. The lowest BCUT2D eigenvalue weighted by Crippen LogP contribution is -2.56. The first-order valence-corrected chi connectivity index (χ1v) is 11.6. The Labute approximate surface area is 197 Å². The molecule has 8 nitrogen and oxygen atoms in total. The second-order valence-corrected chi connectivity index (χ2v) is 9.07. The molecule has 1 saturated heterocycles. The van der Waals surface area contributed by atoms with Gasteiger partial charge >= 0.3 is 6.09 Å². The molecule has 1 atom stereocenters. The molecule has 1 saturated carbocycles. The van der Waals surface area contributed by atoms with Gasteiger partial charge in [-0.3, -0.25) is 14.6 Å². The van der Waals surface area contributed by atoms with E-state index in [1.807, 2.05) is 6.92 Å². The van der Waals surface area contributed by atoms with Gasteiger partial charge in [-0.25, -0.2) is 9.18 Å². The second kappa shape index (κ2) is 10.2. The number of hydrogen-bond acceptors (Lipinski definition) is 4. The summed E-state index contributed by atoms with van der Waals surface area (Å²) in [6, 6.07) is 9.29. The fourth-order valence-corrected chi connectivity index (χ4v) is 4.80. The Morgan fingerprint density at radius 1 is 1.09 bits per heavy atom. The van der Waals surface area contributed by atoms with E-state index in [9.17, 15) is 23.9 Å². The number of halogens is 1. The Morgan fingerprint density at radius 3 is 2.47 bits per heavy atom. The number of nitrogens with zero attached hydrogens (tertiary/aromatic N) is 3. The van der Waals surface area contributed by atoms with Crippen molar-refractivity contribution in [1.82, 2.24) is 20.1 Å². The molecule has 1 aliphatic heterocycles. The van der Waals surface area contributed by atoms with Crippen LogP contribution in [0, 0.1) is 11.7 Å². The molecule has 34 heavy (non-hydrogen) atoms. The fourth-order valence-electron chi connectivity index (χ4n) is 4.80. The van der Waals surface area contributed by atoms with Crippen LogP contribution in [0.4, 0.5) is 9.18 Å². The summed E-state index contributed by atoms with van der Waals surface area (Å²) < 4.78 is 13.4. The molecule has 4 rings (SSSR count). The summed E-state index contributed by atoms with van der Waals surface area (Å²) >= 11 is 0. The number of hydrogen-bond donors (Lipinski definition) is 2. The number of amides is 3. The number of benzene rings is 1. The molecule has 1 aliphatic carbocycles. The minimum absolute atomic E-state index is 0.0118. The number of carboxylic acid groups (broad SMARTS) is 1. The Kier molecular flexibility index (Phi) is 7.09. The average molecular weight is 469 g/mol. The maximum absolute atomic E-state index is 13.4. The molecule has 2 fully saturated rings. The van der Waals surface area contributed by atoms with Gasteiger partial charge in [0, 0.05) is 49.4 Å². The van der Waals surface area contributed by atoms with Gasteiger partial charge < -0.3 is 20.2 Å². The van der Waals surface area contributed by atoms with Crippen molar-refractivity contribution in [3.8, 4) is 11.3 Å². The summed E-state index contributed by atoms with van der Waals surface area (Å²) in [7, 11) is 0. The molecule has 1 aromatic carbocycles. The number of carbonyl (C=O) groups is 3. The van der Waals surface area contributed by atoms with Crippen LogP contribution in [0.25, 0.3) is 11.3 Å². The SMILES string of the molecule is C[C@@H]1CN(C(=O)C2CCC(NC(=O)c3ccc(-c4cccc(F)c4)nc3)CC2)CCN1C(=O)O. The topological polar surface area (TPSA) is 103 Å². The molecular formula is C25H29FN4O4. The molecule has 2 aromatic rings. The lowest BCUT2D eigenvalue weighted by molar-refractivity contribution is -0.139. The van der Waals surface area contributed by atoms with Crippen molar-refractivity contribution in [2.75, 3.05) is 19.6 Å². The smallest absolute Gasteiger partial charge is 0.407 e. The third kappa shape index (κ3) is 5.35. The Balaban J connectivity index is 1.26. The highest BCUT2D eigenvalue weighted by molar-refractivity contribution is 5.94. The highest BCUT2D eigenvalue weighted by Gasteiger charge is 2.34. The van der Waals surface area contributed by atoms with Gasteiger partial charge in [0.25, 0.3) is 5.91 Å². The third-order valence-corrected chi connectivity index (χ3v) is 6.74. The van der Waals surface area contributed by atoms with Gasteiger partial charge in [0.05, 0.1) is 11.3 Å². The van der Waals surface area contributed by atoms with Crippen LogP contribution in [0.5, 0.6) is 0 Å². The first-order chi connectivity index (χ1) is 16.3. The van der Waals surface area contributed by atoms with Crippen LogP contribution in [0.15, 0.2) is 42.6 Å². The van der Waals surface area contributed by atoms with E-state index < -0.39 is 6.09 Å². The van der Waals surface area contributed by atoms with E-state index in [-0.39, 0.29) is 35.6 Å².